The molecule has 0 bridgehead atoms. The molecule has 2 aliphatic rings. The Hall–Kier alpha value is -2.32. The van der Waals surface area contributed by atoms with Crippen LogP contribution in [0.3, 0.4) is 0 Å². The quantitative estimate of drug-likeness (QED) is 0.724. The van der Waals surface area contributed by atoms with Crippen molar-refractivity contribution >= 4 is 56.9 Å². The van der Waals surface area contributed by atoms with Crippen LogP contribution in [0.1, 0.15) is 67.3 Å². The molecule has 0 saturated carbocycles. The van der Waals surface area contributed by atoms with Gasteiger partial charge < -0.3 is 11.5 Å². The molecule has 0 fully saturated rings. The number of nitrogens with two attached hydrogens (primary N) is 2. The maximum absolute atomic E-state index is 11.9. The third kappa shape index (κ3) is 3.54. The Morgan fingerprint density at radius 3 is 1.50 bits per heavy atom. The summed E-state index contributed by atoms with van der Waals surface area (Å²) in [6.07, 6.45) is 11.3. The largest absolute Gasteiger partial charge is 0.365 e. The van der Waals surface area contributed by atoms with Crippen LogP contribution >= 0.6 is 22.7 Å². The van der Waals surface area contributed by atoms with Gasteiger partial charge in [-0.2, -0.15) is 0 Å². The zero-order valence-electron chi connectivity index (χ0n) is 15.5. The number of primary amides is 2. The van der Waals surface area contributed by atoms with Crippen molar-refractivity contribution in [2.45, 2.75) is 51.4 Å². The van der Waals surface area contributed by atoms with Crippen LogP contribution in [0.4, 0.5) is 10.0 Å². The lowest BCUT2D eigenvalue weighted by Gasteiger charge is -2.10. The maximum Gasteiger partial charge on any atom is 0.252 e. The summed E-state index contributed by atoms with van der Waals surface area (Å²) < 4.78 is 0. The van der Waals surface area contributed by atoms with Crippen molar-refractivity contribution in [1.82, 2.24) is 0 Å². The zero-order chi connectivity index (χ0) is 19.7. The van der Waals surface area contributed by atoms with Crippen molar-refractivity contribution < 1.29 is 9.59 Å². The third-order valence-electron chi connectivity index (χ3n) is 5.25. The highest BCUT2D eigenvalue weighted by Gasteiger charge is 2.24. The van der Waals surface area contributed by atoms with Gasteiger partial charge in [-0.15, -0.1) is 22.7 Å². The highest BCUT2D eigenvalue weighted by atomic mass is 32.1. The van der Waals surface area contributed by atoms with Crippen LogP contribution in [-0.2, 0) is 25.7 Å². The highest BCUT2D eigenvalue weighted by Crippen LogP contribution is 2.40. The fourth-order valence-corrected chi connectivity index (χ4v) is 6.49. The van der Waals surface area contributed by atoms with Crippen molar-refractivity contribution in [2.75, 3.05) is 0 Å². The molecule has 2 heterocycles. The van der Waals surface area contributed by atoms with Gasteiger partial charge in [0.25, 0.3) is 11.8 Å². The predicted octanol–water partition coefficient (Wildman–Crippen LogP) is 3.87. The van der Waals surface area contributed by atoms with E-state index in [1.54, 1.807) is 12.4 Å². The second-order valence-corrected chi connectivity index (χ2v) is 9.23. The smallest absolute Gasteiger partial charge is 0.252 e. The van der Waals surface area contributed by atoms with Crippen molar-refractivity contribution in [3.8, 4) is 0 Å². The number of fused-ring (bicyclic) bond motifs is 2. The molecule has 0 aromatic carbocycles. The average molecular weight is 415 g/mol. The minimum Gasteiger partial charge on any atom is -0.365 e. The van der Waals surface area contributed by atoms with Crippen molar-refractivity contribution in [3.05, 3.63) is 32.0 Å². The van der Waals surface area contributed by atoms with Crippen LogP contribution in [0.15, 0.2) is 9.98 Å². The van der Waals surface area contributed by atoms with E-state index >= 15 is 0 Å². The van der Waals surface area contributed by atoms with E-state index in [1.165, 1.54) is 32.4 Å². The summed E-state index contributed by atoms with van der Waals surface area (Å²) in [4.78, 5) is 35.1. The minimum absolute atomic E-state index is 0.426. The summed E-state index contributed by atoms with van der Waals surface area (Å²) in [5, 5.41) is 1.29. The molecule has 4 rings (SSSR count). The standard InChI is InChI=1S/C20H22N4O2S2/c21-17(25)15-11-5-1-3-7-13(11)27-19(15)23-9-10-24-20-16(18(22)26)12-6-2-4-8-14(12)28-20/h9-10H,1-8H2,(H2,21,25)(H2,22,26)/b23-9+,24-10+. The number of rotatable bonds is 5. The van der Waals surface area contributed by atoms with Gasteiger partial charge in [0.15, 0.2) is 0 Å². The van der Waals surface area contributed by atoms with Gasteiger partial charge in [-0.05, 0) is 62.5 Å². The van der Waals surface area contributed by atoms with Gasteiger partial charge in [0.1, 0.15) is 10.0 Å². The first-order valence-corrected chi connectivity index (χ1v) is 11.1. The summed E-state index contributed by atoms with van der Waals surface area (Å²) in [6, 6.07) is 0. The molecule has 2 aromatic heterocycles. The Morgan fingerprint density at radius 2 is 1.11 bits per heavy atom. The molecular formula is C20H22N4O2S2. The lowest BCUT2D eigenvalue weighted by atomic mass is 9.95. The van der Waals surface area contributed by atoms with E-state index in [-0.39, 0.29) is 0 Å². The summed E-state index contributed by atoms with van der Waals surface area (Å²) in [5.41, 5.74) is 14.4. The van der Waals surface area contributed by atoms with Gasteiger partial charge in [-0.3, -0.25) is 9.59 Å². The summed E-state index contributed by atoms with van der Waals surface area (Å²) in [5.74, 6) is -0.851. The topological polar surface area (TPSA) is 111 Å². The monoisotopic (exact) mass is 414 g/mol. The zero-order valence-corrected chi connectivity index (χ0v) is 17.1. The number of aliphatic imine (C=N–C) groups is 2. The van der Waals surface area contributed by atoms with E-state index in [2.05, 4.69) is 9.98 Å². The summed E-state index contributed by atoms with van der Waals surface area (Å²) in [6.45, 7) is 0. The van der Waals surface area contributed by atoms with E-state index in [4.69, 9.17) is 11.5 Å². The molecule has 6 nitrogen and oxygen atoms in total. The Kier molecular flexibility index (Phi) is 5.41. The second-order valence-electron chi connectivity index (χ2n) is 7.07. The number of nitrogens with zero attached hydrogens (tertiary/aromatic N) is 2. The third-order valence-corrected chi connectivity index (χ3v) is 7.65. The number of carbonyl (C=O) groups is 2. The molecule has 146 valence electrons. The number of aryl methyl sites for hydroxylation is 2. The normalized spacial score (nSPS) is 16.4. The van der Waals surface area contributed by atoms with Crippen LogP contribution in [0.2, 0.25) is 0 Å². The molecule has 0 spiro atoms. The first-order chi connectivity index (χ1) is 13.6. The van der Waals surface area contributed by atoms with Crippen molar-refractivity contribution in [3.63, 3.8) is 0 Å². The van der Waals surface area contributed by atoms with E-state index in [0.29, 0.717) is 21.1 Å². The molecule has 0 saturated heterocycles. The Balaban J connectivity index is 1.60. The van der Waals surface area contributed by atoms with Crippen molar-refractivity contribution in [2.24, 2.45) is 21.5 Å². The van der Waals surface area contributed by atoms with Gasteiger partial charge in [0.05, 0.1) is 11.1 Å². The lowest BCUT2D eigenvalue weighted by molar-refractivity contribution is 0.0991. The Labute approximate surface area is 171 Å². The van der Waals surface area contributed by atoms with Crippen LogP contribution < -0.4 is 11.5 Å². The fourth-order valence-electron chi connectivity index (χ4n) is 4.00. The first kappa shape index (κ1) is 19.0. The van der Waals surface area contributed by atoms with Gasteiger partial charge in [-0.1, -0.05) is 0 Å². The highest BCUT2D eigenvalue weighted by molar-refractivity contribution is 7.17. The van der Waals surface area contributed by atoms with E-state index < -0.39 is 11.8 Å². The molecular weight excluding hydrogens is 392 g/mol. The number of amides is 2. The van der Waals surface area contributed by atoms with Gasteiger partial charge >= 0.3 is 0 Å². The Morgan fingerprint density at radius 1 is 0.714 bits per heavy atom. The van der Waals surface area contributed by atoms with E-state index in [9.17, 15) is 9.59 Å². The second kappa shape index (κ2) is 7.97. The number of hydrogen-bond donors (Lipinski definition) is 2. The van der Waals surface area contributed by atoms with E-state index in [0.717, 1.165) is 62.5 Å². The molecule has 4 N–H and O–H groups in total. The number of hydrogen-bond acceptors (Lipinski definition) is 6. The number of thiophene rings is 2. The van der Waals surface area contributed by atoms with Gasteiger partial charge in [-0.25, -0.2) is 9.98 Å². The van der Waals surface area contributed by atoms with Crippen LogP contribution in [0.5, 0.6) is 0 Å². The minimum atomic E-state index is -0.426. The summed E-state index contributed by atoms with van der Waals surface area (Å²) in [7, 11) is 0. The number of carbonyl (C=O) groups excluding carboxylic acids is 2. The lowest BCUT2D eigenvalue weighted by Crippen LogP contribution is -2.14. The summed E-state index contributed by atoms with van der Waals surface area (Å²) >= 11 is 3.07. The van der Waals surface area contributed by atoms with Gasteiger partial charge in [0, 0.05) is 22.2 Å². The van der Waals surface area contributed by atoms with Crippen LogP contribution in [-0.4, -0.2) is 24.2 Å². The SMILES string of the molecule is NC(=O)c1c(/N=C/C=N/c2sc3c(c2C(N)=O)CCCC3)sc2c1CCCC2. The Bertz CT molecular complexity index is 920. The molecule has 2 aromatic rings. The van der Waals surface area contributed by atoms with Gasteiger partial charge in [0.2, 0.25) is 0 Å². The molecule has 0 aliphatic heterocycles. The molecule has 0 unspecified atom stereocenters. The first-order valence-electron chi connectivity index (χ1n) is 9.51. The molecule has 0 atom stereocenters. The maximum atomic E-state index is 11.9. The predicted molar refractivity (Wildman–Crippen MR) is 115 cm³/mol. The molecule has 0 radical (unpaired) electrons. The average Bonchev–Trinajstić information content (AvgIpc) is 3.22. The van der Waals surface area contributed by atoms with E-state index in [1.807, 2.05) is 0 Å². The molecule has 8 heteroatoms. The van der Waals surface area contributed by atoms with Crippen LogP contribution in [0.25, 0.3) is 0 Å². The molecule has 2 amide bonds. The fraction of sp³-hybridized carbons (Fsp3) is 0.400. The van der Waals surface area contributed by atoms with Crippen molar-refractivity contribution in [1.29, 1.82) is 0 Å². The molecule has 2 aliphatic carbocycles. The van der Waals surface area contributed by atoms with Crippen LogP contribution in [0, 0.1) is 0 Å². The molecule has 28 heavy (non-hydrogen) atoms.